The van der Waals surface area contributed by atoms with Crippen molar-refractivity contribution in [1.29, 1.82) is 0 Å². The second-order valence-corrected chi connectivity index (χ2v) is 10.6. The third-order valence-electron chi connectivity index (χ3n) is 6.74. The highest BCUT2D eigenvalue weighted by Crippen LogP contribution is 2.36. The Morgan fingerprint density at radius 2 is 1.61 bits per heavy atom. The van der Waals surface area contributed by atoms with E-state index in [4.69, 9.17) is 11.6 Å². The Labute approximate surface area is 225 Å². The fourth-order valence-corrected chi connectivity index (χ4v) is 6.42. The van der Waals surface area contributed by atoms with E-state index in [0.29, 0.717) is 26.6 Å². The zero-order chi connectivity index (χ0) is 26.0. The number of aromatic nitrogens is 4. The highest BCUT2D eigenvalue weighted by molar-refractivity contribution is 7.22. The topological polar surface area (TPSA) is 61.8 Å². The van der Waals surface area contributed by atoms with Crippen LogP contribution in [0.3, 0.4) is 0 Å². The molecule has 3 heterocycles. The molecule has 8 heteroatoms. The average molecular weight is 535 g/mol. The molecule has 7 aromatic rings. The number of thiophene rings is 1. The largest absolute Gasteiger partial charge is 0.340 e. The van der Waals surface area contributed by atoms with Crippen LogP contribution in [0, 0.1) is 0 Å². The molecule has 0 atom stereocenters. The van der Waals surface area contributed by atoms with Crippen LogP contribution in [-0.4, -0.2) is 18.9 Å². The van der Waals surface area contributed by atoms with E-state index in [1.165, 1.54) is 15.9 Å². The van der Waals surface area contributed by atoms with Gasteiger partial charge in [-0.3, -0.25) is 14.0 Å². The molecule has 6 nitrogen and oxygen atoms in total. The van der Waals surface area contributed by atoms with Crippen molar-refractivity contribution in [2.45, 2.75) is 0 Å². The van der Waals surface area contributed by atoms with E-state index in [1.807, 2.05) is 104 Å². The third-order valence-corrected chi connectivity index (χ3v) is 8.22. The zero-order valence-corrected chi connectivity index (χ0v) is 21.7. The van der Waals surface area contributed by atoms with Gasteiger partial charge >= 0.3 is 5.69 Å². The monoisotopic (exact) mass is 534 g/mol. The number of hydrogen-bond acceptors (Lipinski definition) is 4. The summed E-state index contributed by atoms with van der Waals surface area (Å²) >= 11 is 7.85. The van der Waals surface area contributed by atoms with Gasteiger partial charge in [-0.05, 0) is 41.8 Å². The molecular weight excluding hydrogens is 516 g/mol. The Morgan fingerprint density at radius 3 is 2.47 bits per heavy atom. The lowest BCUT2D eigenvalue weighted by Gasteiger charge is -2.14. The van der Waals surface area contributed by atoms with Gasteiger partial charge in [0.25, 0.3) is 5.56 Å². The van der Waals surface area contributed by atoms with E-state index in [9.17, 15) is 9.59 Å². The van der Waals surface area contributed by atoms with Crippen LogP contribution in [0.5, 0.6) is 0 Å². The molecule has 38 heavy (non-hydrogen) atoms. The van der Waals surface area contributed by atoms with Crippen LogP contribution in [0.15, 0.2) is 107 Å². The van der Waals surface area contributed by atoms with Crippen molar-refractivity contribution in [2.75, 3.05) is 0 Å². The first kappa shape index (κ1) is 22.7. The van der Waals surface area contributed by atoms with Crippen LogP contribution < -0.4 is 11.2 Å². The first-order valence-electron chi connectivity index (χ1n) is 12.0. The summed E-state index contributed by atoms with van der Waals surface area (Å²) in [6.07, 6.45) is 1.93. The Balaban J connectivity index is 1.62. The number of halogens is 1. The molecule has 0 spiro atoms. The van der Waals surface area contributed by atoms with Crippen LogP contribution >= 0.6 is 22.9 Å². The molecule has 0 N–H and O–H groups in total. The number of nitrogens with zero attached hydrogens (tertiary/aromatic N) is 4. The summed E-state index contributed by atoms with van der Waals surface area (Å²) in [5.41, 5.74) is 2.47. The molecule has 0 radical (unpaired) electrons. The summed E-state index contributed by atoms with van der Waals surface area (Å²) in [4.78, 5) is 29.1. The average Bonchev–Trinajstić information content (AvgIpc) is 3.52. The summed E-state index contributed by atoms with van der Waals surface area (Å²) in [7, 11) is 1.86. The zero-order valence-electron chi connectivity index (χ0n) is 20.1. The molecule has 0 saturated carbocycles. The van der Waals surface area contributed by atoms with E-state index in [1.54, 1.807) is 9.25 Å². The van der Waals surface area contributed by atoms with Crippen LogP contribution in [0.2, 0.25) is 5.02 Å². The molecule has 0 aliphatic heterocycles. The van der Waals surface area contributed by atoms with Crippen molar-refractivity contribution >= 4 is 54.8 Å². The summed E-state index contributed by atoms with van der Waals surface area (Å²) in [5, 5.41) is 7.84. The van der Waals surface area contributed by atoms with Crippen LogP contribution in [-0.2, 0) is 7.05 Å². The Kier molecular flexibility index (Phi) is 5.11. The minimum absolute atomic E-state index is 0.361. The van der Waals surface area contributed by atoms with E-state index in [0.717, 1.165) is 32.1 Å². The maximum absolute atomic E-state index is 14.3. The molecule has 0 saturated heterocycles. The van der Waals surface area contributed by atoms with Crippen LogP contribution in [0.4, 0.5) is 0 Å². The van der Waals surface area contributed by atoms with Gasteiger partial charge in [0.2, 0.25) is 0 Å². The maximum Gasteiger partial charge on any atom is 0.340 e. The standard InChI is InChI=1S/C30H19ClN4O2S/c1-33-17-19-13-14-20(15-24(19)32-33)34-26-16-27(22-10-4-5-11-23(22)31)38-28(26)29(36)35(30(34)37)25-12-6-8-18-7-2-3-9-21(18)25/h2-17H,1H3. The normalized spacial score (nSPS) is 11.6. The molecule has 3 aromatic heterocycles. The fourth-order valence-electron chi connectivity index (χ4n) is 5.02. The predicted octanol–water partition coefficient (Wildman–Crippen LogP) is 6.56. The number of benzene rings is 4. The maximum atomic E-state index is 14.3. The van der Waals surface area contributed by atoms with Crippen molar-refractivity contribution < 1.29 is 0 Å². The molecule has 0 fully saturated rings. The highest BCUT2D eigenvalue weighted by atomic mass is 35.5. The Hall–Kier alpha value is -4.46. The smallest absolute Gasteiger partial charge is 0.275 e. The molecule has 0 unspecified atom stereocenters. The van der Waals surface area contributed by atoms with Gasteiger partial charge in [-0.1, -0.05) is 66.2 Å². The molecule has 4 aromatic carbocycles. The van der Waals surface area contributed by atoms with Crippen molar-refractivity contribution in [2.24, 2.45) is 7.05 Å². The second kappa shape index (κ2) is 8.55. The van der Waals surface area contributed by atoms with E-state index in [-0.39, 0.29) is 5.56 Å². The first-order chi connectivity index (χ1) is 18.5. The van der Waals surface area contributed by atoms with Crippen LogP contribution in [0.1, 0.15) is 0 Å². The first-order valence-corrected chi connectivity index (χ1v) is 13.2. The predicted molar refractivity (Wildman–Crippen MR) is 155 cm³/mol. The lowest BCUT2D eigenvalue weighted by molar-refractivity contribution is 0.779. The summed E-state index contributed by atoms with van der Waals surface area (Å²) in [6.45, 7) is 0. The highest BCUT2D eigenvalue weighted by Gasteiger charge is 2.21. The van der Waals surface area contributed by atoms with Crippen molar-refractivity contribution in [3.05, 3.63) is 123 Å². The van der Waals surface area contributed by atoms with E-state index < -0.39 is 5.69 Å². The Bertz CT molecular complexity index is 2160. The molecule has 0 aliphatic rings. The number of fused-ring (bicyclic) bond motifs is 3. The van der Waals surface area contributed by atoms with Gasteiger partial charge < -0.3 is 0 Å². The number of rotatable bonds is 3. The lowest BCUT2D eigenvalue weighted by Crippen LogP contribution is -2.37. The molecule has 0 bridgehead atoms. The minimum atomic E-state index is -0.447. The summed E-state index contributed by atoms with van der Waals surface area (Å²) in [6, 6.07) is 28.5. The molecular formula is C30H19ClN4O2S. The van der Waals surface area contributed by atoms with Crippen molar-refractivity contribution in [1.82, 2.24) is 18.9 Å². The molecule has 7 rings (SSSR count). The third kappa shape index (κ3) is 3.44. The second-order valence-electron chi connectivity index (χ2n) is 9.11. The van der Waals surface area contributed by atoms with Crippen LogP contribution in [0.25, 0.3) is 53.7 Å². The van der Waals surface area contributed by atoms with Crippen molar-refractivity contribution in [3.63, 3.8) is 0 Å². The molecule has 0 aliphatic carbocycles. The molecule has 184 valence electrons. The summed E-state index contributed by atoms with van der Waals surface area (Å²) < 4.78 is 5.08. The van der Waals surface area contributed by atoms with Gasteiger partial charge in [0.05, 0.1) is 22.4 Å². The summed E-state index contributed by atoms with van der Waals surface area (Å²) in [5.74, 6) is 0. The van der Waals surface area contributed by atoms with Crippen molar-refractivity contribution in [3.8, 4) is 21.8 Å². The van der Waals surface area contributed by atoms with Gasteiger partial charge in [0.15, 0.2) is 0 Å². The van der Waals surface area contributed by atoms with Gasteiger partial charge in [-0.25, -0.2) is 9.36 Å². The van der Waals surface area contributed by atoms with E-state index in [2.05, 4.69) is 5.10 Å². The Morgan fingerprint density at radius 1 is 0.816 bits per heavy atom. The number of aryl methyl sites for hydroxylation is 1. The SMILES string of the molecule is Cn1cc2ccc(-n3c(=O)n(-c4cccc5ccccc45)c(=O)c4sc(-c5ccccc5Cl)cc43)cc2n1. The quantitative estimate of drug-likeness (QED) is 0.258. The lowest BCUT2D eigenvalue weighted by atomic mass is 10.1. The van der Waals surface area contributed by atoms with E-state index >= 15 is 0 Å². The van der Waals surface area contributed by atoms with Gasteiger partial charge in [-0.2, -0.15) is 5.10 Å². The van der Waals surface area contributed by atoms with Gasteiger partial charge in [0.1, 0.15) is 4.70 Å². The molecule has 0 amide bonds. The minimum Gasteiger partial charge on any atom is -0.275 e. The van der Waals surface area contributed by atoms with Gasteiger partial charge in [0, 0.05) is 39.5 Å². The fraction of sp³-hybridized carbons (Fsp3) is 0.0333. The van der Waals surface area contributed by atoms with Gasteiger partial charge in [-0.15, -0.1) is 11.3 Å². The number of hydrogen-bond donors (Lipinski definition) is 0.